The maximum Gasteiger partial charge on any atom is 0.271 e. The molecule has 2 aliphatic heterocycles. The second-order valence-corrected chi connectivity index (χ2v) is 13.4. The molecule has 3 heterocycles. The van der Waals surface area contributed by atoms with Gasteiger partial charge in [-0.15, -0.1) is 0 Å². The first-order valence-electron chi connectivity index (χ1n) is 15.6. The van der Waals surface area contributed by atoms with E-state index in [9.17, 15) is 13.7 Å². The van der Waals surface area contributed by atoms with Crippen molar-refractivity contribution in [3.63, 3.8) is 0 Å². The number of methoxy groups -OCH3 is 3. The minimum atomic E-state index is -4.46. The molecule has 2 atom stereocenters. The Bertz CT molecular complexity index is 1930. The fraction of sp³-hybridized carbons (Fsp3) is 0.343. The van der Waals surface area contributed by atoms with E-state index < -0.39 is 27.5 Å². The van der Waals surface area contributed by atoms with Crippen molar-refractivity contribution in [3.8, 4) is 17.6 Å². The molecule has 0 radical (unpaired) electrons. The Morgan fingerprint density at radius 3 is 2.56 bits per heavy atom. The summed E-state index contributed by atoms with van der Waals surface area (Å²) in [4.78, 5) is 21.8. The number of amides is 1. The summed E-state index contributed by atoms with van der Waals surface area (Å²) in [6.45, 7) is 2.22. The number of hydrogen-bond acceptors (Lipinski definition) is 11. The summed E-state index contributed by atoms with van der Waals surface area (Å²) in [6, 6.07) is 17.8. The zero-order valence-corrected chi connectivity index (χ0v) is 27.8. The SMILES string of the molecule is COCCCNCc1ccc(OC)c(C2(N3CCCC3c3ncco3)C(=O)N(S(=O)(=O)c3ccc(OC)cc3)c3ccc(C#N)cc32)c1. The molecule has 6 rings (SSSR count). The van der Waals surface area contributed by atoms with Gasteiger partial charge >= 0.3 is 0 Å². The van der Waals surface area contributed by atoms with Crippen molar-refractivity contribution in [2.45, 2.75) is 42.3 Å². The number of aromatic nitrogens is 1. The number of nitrogens with one attached hydrogen (secondary N) is 1. The third-order valence-electron chi connectivity index (χ3n) is 8.93. The normalized spacial score (nSPS) is 19.3. The van der Waals surface area contributed by atoms with Crippen molar-refractivity contribution < 1.29 is 31.8 Å². The Balaban J connectivity index is 1.61. The molecule has 3 aromatic carbocycles. The molecule has 2 unspecified atom stereocenters. The lowest BCUT2D eigenvalue weighted by Gasteiger charge is -2.41. The van der Waals surface area contributed by atoms with Gasteiger partial charge < -0.3 is 23.9 Å². The van der Waals surface area contributed by atoms with Gasteiger partial charge in [-0.25, -0.2) is 17.7 Å². The van der Waals surface area contributed by atoms with E-state index in [0.717, 1.165) is 16.3 Å². The predicted octanol–water partition coefficient (Wildman–Crippen LogP) is 4.51. The molecule has 0 bridgehead atoms. The van der Waals surface area contributed by atoms with Gasteiger partial charge in [0.2, 0.25) is 5.89 Å². The number of ether oxygens (including phenoxy) is 3. The van der Waals surface area contributed by atoms with Crippen molar-refractivity contribution in [3.05, 3.63) is 101 Å². The lowest BCUT2D eigenvalue weighted by molar-refractivity contribution is -0.127. The van der Waals surface area contributed by atoms with Gasteiger partial charge in [0.15, 0.2) is 5.54 Å². The van der Waals surface area contributed by atoms with E-state index >= 15 is 4.79 Å². The summed E-state index contributed by atoms with van der Waals surface area (Å²) in [6.07, 6.45) is 5.14. The monoisotopic (exact) mass is 671 g/mol. The second-order valence-electron chi connectivity index (χ2n) is 11.6. The van der Waals surface area contributed by atoms with Crippen LogP contribution < -0.4 is 19.1 Å². The number of benzene rings is 3. The lowest BCUT2D eigenvalue weighted by atomic mass is 9.79. The summed E-state index contributed by atoms with van der Waals surface area (Å²) in [5, 5.41) is 13.5. The molecule has 1 aromatic heterocycles. The van der Waals surface area contributed by atoms with Crippen LogP contribution in [0.3, 0.4) is 0 Å². The lowest BCUT2D eigenvalue weighted by Crippen LogP contribution is -2.54. The van der Waals surface area contributed by atoms with Crippen LogP contribution in [0.4, 0.5) is 5.69 Å². The van der Waals surface area contributed by atoms with Crippen LogP contribution in [-0.4, -0.2) is 65.2 Å². The average Bonchev–Trinajstić information content (AvgIpc) is 3.87. The van der Waals surface area contributed by atoms with Crippen LogP contribution in [-0.2, 0) is 31.6 Å². The first kappa shape index (κ1) is 33.2. The highest BCUT2D eigenvalue weighted by atomic mass is 32.2. The molecule has 48 heavy (non-hydrogen) atoms. The largest absolute Gasteiger partial charge is 0.497 e. The van der Waals surface area contributed by atoms with Crippen molar-refractivity contribution in [1.82, 2.24) is 15.2 Å². The predicted molar refractivity (Wildman–Crippen MR) is 176 cm³/mol. The molecule has 12 nitrogen and oxygen atoms in total. The minimum Gasteiger partial charge on any atom is -0.497 e. The summed E-state index contributed by atoms with van der Waals surface area (Å²) in [7, 11) is 0.199. The number of carbonyl (C=O) groups is 1. The molecule has 1 N–H and O–H groups in total. The van der Waals surface area contributed by atoms with Crippen LogP contribution in [0.25, 0.3) is 0 Å². The highest BCUT2D eigenvalue weighted by molar-refractivity contribution is 7.93. The third kappa shape index (κ3) is 5.60. The molecule has 0 aliphatic carbocycles. The smallest absolute Gasteiger partial charge is 0.271 e. The van der Waals surface area contributed by atoms with E-state index in [-0.39, 0.29) is 16.1 Å². The van der Waals surface area contributed by atoms with E-state index in [0.29, 0.717) is 67.6 Å². The Labute approximate surface area is 279 Å². The molecular formula is C35H37N5O7S. The quantitative estimate of drug-likeness (QED) is 0.200. The van der Waals surface area contributed by atoms with Gasteiger partial charge in [-0.1, -0.05) is 6.07 Å². The van der Waals surface area contributed by atoms with E-state index in [2.05, 4.69) is 16.4 Å². The number of likely N-dealkylation sites (tertiary alicyclic amines) is 1. The maximum absolute atomic E-state index is 15.5. The maximum atomic E-state index is 15.5. The average molecular weight is 672 g/mol. The van der Waals surface area contributed by atoms with Crippen LogP contribution in [0.1, 0.15) is 53.4 Å². The number of nitriles is 1. The van der Waals surface area contributed by atoms with Crippen molar-refractivity contribution in [2.24, 2.45) is 0 Å². The standard InChI is InChI=1S/C35H37N5O7S/c1-44-18-5-15-37-23-25-8-14-32(46-3)29(21-25)35(39-17-4-6-31(39)33-38-16-19-47-33)28-20-24(22-36)7-13-30(28)40(34(35)41)48(42,43)27-11-9-26(45-2)10-12-27/h7-14,16,19-21,31,37H,4-6,15,17-18,23H2,1-3H3. The van der Waals surface area contributed by atoms with E-state index in [1.807, 2.05) is 17.0 Å². The first-order chi connectivity index (χ1) is 23.3. The van der Waals surface area contributed by atoms with Crippen LogP contribution >= 0.6 is 0 Å². The molecule has 13 heteroatoms. The molecule has 0 saturated carbocycles. The van der Waals surface area contributed by atoms with Gasteiger partial charge in [-0.05, 0) is 86.0 Å². The van der Waals surface area contributed by atoms with E-state index in [1.54, 1.807) is 25.4 Å². The zero-order chi connectivity index (χ0) is 33.9. The third-order valence-corrected chi connectivity index (χ3v) is 10.6. The van der Waals surface area contributed by atoms with Crippen molar-refractivity contribution >= 4 is 21.6 Å². The molecule has 250 valence electrons. The van der Waals surface area contributed by atoms with Gasteiger partial charge in [0.05, 0.1) is 48.7 Å². The zero-order valence-electron chi connectivity index (χ0n) is 27.0. The first-order valence-corrected chi connectivity index (χ1v) is 17.1. The molecule has 1 saturated heterocycles. The summed E-state index contributed by atoms with van der Waals surface area (Å²) >= 11 is 0. The number of sulfonamides is 1. The van der Waals surface area contributed by atoms with Crippen LogP contribution in [0.2, 0.25) is 0 Å². The molecule has 0 spiro atoms. The molecule has 4 aromatic rings. The van der Waals surface area contributed by atoms with Gasteiger partial charge in [0.1, 0.15) is 17.8 Å². The Morgan fingerprint density at radius 1 is 1.06 bits per heavy atom. The number of nitrogens with zero attached hydrogens (tertiary/aromatic N) is 4. The van der Waals surface area contributed by atoms with Crippen LogP contribution in [0.15, 0.2) is 82.4 Å². The molecular weight excluding hydrogens is 634 g/mol. The Morgan fingerprint density at radius 2 is 1.88 bits per heavy atom. The Kier molecular flexibility index (Phi) is 9.52. The number of anilines is 1. The topological polar surface area (TPSA) is 147 Å². The number of carbonyl (C=O) groups excluding carboxylic acids is 1. The molecule has 1 amide bonds. The van der Waals surface area contributed by atoms with Crippen molar-refractivity contribution in [1.29, 1.82) is 5.26 Å². The molecule has 2 aliphatic rings. The fourth-order valence-electron chi connectivity index (χ4n) is 6.77. The van der Waals surface area contributed by atoms with Crippen molar-refractivity contribution in [2.75, 3.05) is 45.3 Å². The van der Waals surface area contributed by atoms with Gasteiger partial charge in [-0.3, -0.25) is 9.69 Å². The second kappa shape index (κ2) is 13.8. The number of oxazole rings is 1. The van der Waals surface area contributed by atoms with Gasteiger partial charge in [0, 0.05) is 37.9 Å². The highest BCUT2D eigenvalue weighted by Gasteiger charge is 2.62. The Hall–Kier alpha value is -4.74. The summed E-state index contributed by atoms with van der Waals surface area (Å²) < 4.78 is 52.1. The van der Waals surface area contributed by atoms with Crippen LogP contribution in [0.5, 0.6) is 11.5 Å². The summed E-state index contributed by atoms with van der Waals surface area (Å²) in [5.41, 5.74) is 0.347. The number of rotatable bonds is 13. The van der Waals surface area contributed by atoms with Gasteiger partial charge in [0.25, 0.3) is 15.9 Å². The van der Waals surface area contributed by atoms with E-state index in [1.165, 1.54) is 56.9 Å². The number of hydrogen-bond donors (Lipinski definition) is 1. The van der Waals surface area contributed by atoms with Gasteiger partial charge in [-0.2, -0.15) is 5.26 Å². The molecule has 1 fully saturated rings. The van der Waals surface area contributed by atoms with Crippen LogP contribution in [0, 0.1) is 11.3 Å². The fourth-order valence-corrected chi connectivity index (χ4v) is 8.23. The minimum absolute atomic E-state index is 0.0885. The number of fused-ring (bicyclic) bond motifs is 1. The summed E-state index contributed by atoms with van der Waals surface area (Å²) in [5.74, 6) is 0.550. The highest BCUT2D eigenvalue weighted by Crippen LogP contribution is 2.56. The van der Waals surface area contributed by atoms with E-state index in [4.69, 9.17) is 18.6 Å².